The van der Waals surface area contributed by atoms with Crippen LogP contribution >= 0.6 is 43.5 Å². The summed E-state index contributed by atoms with van der Waals surface area (Å²) in [6.45, 7) is 5.92. The third kappa shape index (κ3) is 3.97. The number of amides is 1. The van der Waals surface area contributed by atoms with Gasteiger partial charge in [0.2, 0.25) is 0 Å². The summed E-state index contributed by atoms with van der Waals surface area (Å²) in [5, 5.41) is 3.51. The van der Waals surface area contributed by atoms with E-state index in [1.54, 1.807) is 18.2 Å². The van der Waals surface area contributed by atoms with Gasteiger partial charge in [0.1, 0.15) is 0 Å². The van der Waals surface area contributed by atoms with Crippen LogP contribution < -0.4 is 5.32 Å². The summed E-state index contributed by atoms with van der Waals surface area (Å²) in [5.74, 6) is -0.143. The van der Waals surface area contributed by atoms with Gasteiger partial charge in [0, 0.05) is 19.9 Å². The van der Waals surface area contributed by atoms with E-state index in [-0.39, 0.29) is 16.3 Å². The third-order valence-electron chi connectivity index (χ3n) is 2.60. The summed E-state index contributed by atoms with van der Waals surface area (Å²) in [5.41, 5.74) is 0.206. The van der Waals surface area contributed by atoms with Crippen LogP contribution in [-0.2, 0) is 0 Å². The highest BCUT2D eigenvalue weighted by Crippen LogP contribution is 2.23. The fraction of sp³-hybridized carbons (Fsp3) is 0.417. The molecule has 0 spiro atoms. The van der Waals surface area contributed by atoms with Crippen molar-refractivity contribution in [2.75, 3.05) is 0 Å². The molecule has 1 atom stereocenters. The van der Waals surface area contributed by atoms with Crippen LogP contribution in [0.15, 0.2) is 22.7 Å². The van der Waals surface area contributed by atoms with Crippen molar-refractivity contribution in [3.63, 3.8) is 0 Å². The lowest BCUT2D eigenvalue weighted by Gasteiger charge is -2.29. The van der Waals surface area contributed by atoms with E-state index in [2.05, 4.69) is 37.2 Å². The largest absolute Gasteiger partial charge is 0.346 e. The first-order valence-electron chi connectivity index (χ1n) is 5.15. The molecule has 1 N–H and O–H groups in total. The van der Waals surface area contributed by atoms with Crippen molar-refractivity contribution in [1.29, 1.82) is 0 Å². The molecule has 0 saturated carbocycles. The number of halogens is 3. The molecule has 0 aromatic heterocycles. The van der Waals surface area contributed by atoms with Crippen LogP contribution in [0, 0.1) is 0 Å². The second-order valence-corrected chi connectivity index (χ2v) is 7.08. The number of alkyl halides is 1. The maximum Gasteiger partial charge on any atom is 0.252 e. The lowest BCUT2D eigenvalue weighted by molar-refractivity contribution is 0.0913. The molecule has 0 radical (unpaired) electrons. The molecule has 0 saturated heterocycles. The fourth-order valence-electron chi connectivity index (χ4n) is 1.13. The van der Waals surface area contributed by atoms with Gasteiger partial charge in [0.25, 0.3) is 5.91 Å². The van der Waals surface area contributed by atoms with Crippen molar-refractivity contribution in [3.8, 4) is 0 Å². The second-order valence-electron chi connectivity index (χ2n) is 4.42. The zero-order chi connectivity index (χ0) is 13.2. The molecule has 5 heteroatoms. The van der Waals surface area contributed by atoms with Crippen LogP contribution in [0.2, 0.25) is 5.02 Å². The topological polar surface area (TPSA) is 29.1 Å². The number of rotatable bonds is 3. The molecule has 94 valence electrons. The highest BCUT2D eigenvalue weighted by atomic mass is 79.9. The van der Waals surface area contributed by atoms with E-state index in [1.165, 1.54) is 0 Å². The van der Waals surface area contributed by atoms with Crippen LogP contribution in [0.3, 0.4) is 0 Å². The molecule has 1 rings (SSSR count). The number of carbonyl (C=O) groups excluding carboxylic acids is 1. The SMILES string of the molecule is CC(Br)C(C)(C)NC(=O)c1cc(Cl)ccc1Br. The highest BCUT2D eigenvalue weighted by Gasteiger charge is 2.26. The standard InChI is InChI=1S/C12H14Br2ClNO/c1-7(13)12(2,3)16-11(17)9-6-8(15)4-5-10(9)14/h4-7H,1-3H3,(H,16,17). The van der Waals surface area contributed by atoms with E-state index < -0.39 is 0 Å². The van der Waals surface area contributed by atoms with E-state index >= 15 is 0 Å². The zero-order valence-electron chi connectivity index (χ0n) is 9.85. The van der Waals surface area contributed by atoms with Gasteiger partial charge in [-0.25, -0.2) is 0 Å². The van der Waals surface area contributed by atoms with Crippen molar-refractivity contribution >= 4 is 49.4 Å². The third-order valence-corrected chi connectivity index (χ3v) is 4.67. The zero-order valence-corrected chi connectivity index (χ0v) is 13.8. The Balaban J connectivity index is 2.94. The van der Waals surface area contributed by atoms with E-state index in [4.69, 9.17) is 11.6 Å². The van der Waals surface area contributed by atoms with Crippen LogP contribution in [0.4, 0.5) is 0 Å². The fourth-order valence-corrected chi connectivity index (χ4v) is 1.84. The van der Waals surface area contributed by atoms with E-state index in [9.17, 15) is 4.79 Å². The molecule has 1 unspecified atom stereocenters. The molecule has 17 heavy (non-hydrogen) atoms. The molecular weight excluding hydrogens is 369 g/mol. The van der Waals surface area contributed by atoms with E-state index in [0.717, 1.165) is 4.47 Å². The van der Waals surface area contributed by atoms with Crippen LogP contribution in [-0.4, -0.2) is 16.3 Å². The maximum atomic E-state index is 12.1. The van der Waals surface area contributed by atoms with Gasteiger partial charge >= 0.3 is 0 Å². The summed E-state index contributed by atoms with van der Waals surface area (Å²) in [6, 6.07) is 5.15. The van der Waals surface area contributed by atoms with Gasteiger partial charge in [0.15, 0.2) is 0 Å². The summed E-state index contributed by atoms with van der Waals surface area (Å²) in [7, 11) is 0. The molecule has 0 aliphatic carbocycles. The number of nitrogens with one attached hydrogen (secondary N) is 1. The number of carbonyl (C=O) groups is 1. The van der Waals surface area contributed by atoms with Gasteiger partial charge in [-0.1, -0.05) is 34.5 Å². The lowest BCUT2D eigenvalue weighted by atomic mass is 10.0. The molecule has 0 heterocycles. The molecule has 1 aromatic carbocycles. The Morgan fingerprint density at radius 2 is 2.06 bits per heavy atom. The van der Waals surface area contributed by atoms with Crippen molar-refractivity contribution < 1.29 is 4.79 Å². The van der Waals surface area contributed by atoms with Crippen molar-refractivity contribution in [2.24, 2.45) is 0 Å². The first kappa shape index (κ1) is 15.0. The minimum absolute atomic E-state index is 0.143. The molecule has 0 aliphatic heterocycles. The predicted octanol–water partition coefficient (Wildman–Crippen LogP) is 4.39. The average Bonchev–Trinajstić information content (AvgIpc) is 2.20. The monoisotopic (exact) mass is 381 g/mol. The van der Waals surface area contributed by atoms with Crippen molar-refractivity contribution in [3.05, 3.63) is 33.3 Å². The summed E-state index contributed by atoms with van der Waals surface area (Å²) >= 11 is 12.7. The van der Waals surface area contributed by atoms with Gasteiger partial charge < -0.3 is 5.32 Å². The highest BCUT2D eigenvalue weighted by molar-refractivity contribution is 9.10. The normalized spacial score (nSPS) is 13.3. The van der Waals surface area contributed by atoms with E-state index in [1.807, 2.05) is 20.8 Å². The molecule has 1 aromatic rings. The Bertz CT molecular complexity index is 433. The quantitative estimate of drug-likeness (QED) is 0.771. The lowest BCUT2D eigenvalue weighted by Crippen LogP contribution is -2.48. The van der Waals surface area contributed by atoms with Crippen molar-refractivity contribution in [2.45, 2.75) is 31.1 Å². The predicted molar refractivity (Wildman–Crippen MR) is 79.1 cm³/mol. The average molecular weight is 384 g/mol. The second kappa shape index (κ2) is 5.72. The Kier molecular flexibility index (Phi) is 5.05. The summed E-state index contributed by atoms with van der Waals surface area (Å²) < 4.78 is 0.734. The minimum Gasteiger partial charge on any atom is -0.346 e. The van der Waals surface area contributed by atoms with Gasteiger partial charge in [-0.15, -0.1) is 0 Å². The van der Waals surface area contributed by atoms with Crippen LogP contribution in [0.1, 0.15) is 31.1 Å². The maximum absolute atomic E-state index is 12.1. The molecule has 0 fully saturated rings. The molecule has 0 bridgehead atoms. The van der Waals surface area contributed by atoms with Crippen molar-refractivity contribution in [1.82, 2.24) is 5.32 Å². The van der Waals surface area contributed by atoms with Gasteiger partial charge in [-0.2, -0.15) is 0 Å². The summed E-state index contributed by atoms with van der Waals surface area (Å²) in [6.07, 6.45) is 0. The Labute approximate surface area is 123 Å². The Hall–Kier alpha value is -0.0600. The van der Waals surface area contributed by atoms with E-state index in [0.29, 0.717) is 10.6 Å². The molecule has 0 aliphatic rings. The van der Waals surface area contributed by atoms with Gasteiger partial charge in [-0.3, -0.25) is 4.79 Å². The molecule has 1 amide bonds. The number of hydrogen-bond acceptors (Lipinski definition) is 1. The smallest absolute Gasteiger partial charge is 0.252 e. The number of benzene rings is 1. The van der Waals surface area contributed by atoms with Gasteiger partial charge in [0.05, 0.1) is 5.56 Å². The Morgan fingerprint density at radius 1 is 1.47 bits per heavy atom. The first-order valence-corrected chi connectivity index (χ1v) is 7.24. The first-order chi connectivity index (χ1) is 7.74. The Morgan fingerprint density at radius 3 is 2.59 bits per heavy atom. The number of hydrogen-bond donors (Lipinski definition) is 1. The molecular formula is C12H14Br2ClNO. The minimum atomic E-state index is -0.334. The summed E-state index contributed by atoms with van der Waals surface area (Å²) in [4.78, 5) is 12.3. The molecule has 2 nitrogen and oxygen atoms in total. The van der Waals surface area contributed by atoms with Gasteiger partial charge in [-0.05, 0) is 48.0 Å². The van der Waals surface area contributed by atoms with Crippen LogP contribution in [0.5, 0.6) is 0 Å². The van der Waals surface area contributed by atoms with Crippen LogP contribution in [0.25, 0.3) is 0 Å².